The molecule has 0 aliphatic rings. The Balaban J connectivity index is 0.000000500. The second-order valence-electron chi connectivity index (χ2n) is 2.09. The van der Waals surface area contributed by atoms with Crippen LogP contribution < -0.4 is 5.73 Å². The molecule has 0 atom stereocenters. The molecule has 0 aromatic carbocycles. The summed E-state index contributed by atoms with van der Waals surface area (Å²) in [6.45, 7) is 0.333. The van der Waals surface area contributed by atoms with Gasteiger partial charge >= 0.3 is 41.3 Å². The third-order valence-electron chi connectivity index (χ3n) is 1.28. The van der Waals surface area contributed by atoms with Crippen LogP contribution in [0.5, 0.6) is 0 Å². The summed E-state index contributed by atoms with van der Waals surface area (Å²) in [6, 6.07) is 3.08. The minimum atomic E-state index is -0.971. The van der Waals surface area contributed by atoms with Crippen molar-refractivity contribution < 1.29 is 26.4 Å². The molecule has 4 nitrogen and oxygen atoms in total. The molecule has 82 valence electrons. The average molecular weight is 418 g/mol. The predicted octanol–water partition coefficient (Wildman–Crippen LogP) is 1.61. The second-order valence-corrected chi connectivity index (χ2v) is 5.38. The Labute approximate surface area is 97.8 Å². The van der Waals surface area contributed by atoms with E-state index in [1.165, 1.54) is 12.3 Å². The van der Waals surface area contributed by atoms with Gasteiger partial charge in [-0.05, 0) is 12.1 Å². The summed E-state index contributed by atoms with van der Waals surface area (Å²) in [5, 5.41) is 8.48. The van der Waals surface area contributed by atoms with Crippen LogP contribution in [0.3, 0.4) is 0 Å². The van der Waals surface area contributed by atoms with Gasteiger partial charge in [0.1, 0.15) is 0 Å². The van der Waals surface area contributed by atoms with Crippen LogP contribution in [0.25, 0.3) is 0 Å². The molecular weight excluding hydrogens is 410 g/mol. The summed E-state index contributed by atoms with van der Waals surface area (Å²) < 4.78 is 0. The Morgan fingerprint density at radius 2 is 2.14 bits per heavy atom. The fraction of sp³-hybridized carbons (Fsp3) is 0.143. The fourth-order valence-corrected chi connectivity index (χ4v) is 0.672. The molecule has 0 aliphatic carbocycles. The maximum atomic E-state index is 10.3. The number of pyridine rings is 1. The first-order valence-corrected chi connectivity index (χ1v) is 8.99. The standard InChI is InChI=1S/C7H8N2O2.2ClH.Pt/c8-3-6-2-1-5(4-9-6)7(10)11;;;/h1-2,4H,3,8H2,(H,10,11);2*1H;/q;;;+2/p-2. The van der Waals surface area contributed by atoms with E-state index in [2.05, 4.69) is 4.98 Å². The van der Waals surface area contributed by atoms with Crippen molar-refractivity contribution in [3.05, 3.63) is 29.6 Å². The molecule has 3 N–H and O–H groups in total. The summed E-state index contributed by atoms with van der Waals surface area (Å²) in [6.07, 6.45) is 1.30. The Hall–Kier alpha value is -0.152. The zero-order valence-electron chi connectivity index (χ0n) is 6.89. The van der Waals surface area contributed by atoms with Crippen LogP contribution in [0.4, 0.5) is 0 Å². The van der Waals surface area contributed by atoms with Crippen molar-refractivity contribution in [1.29, 1.82) is 0 Å². The van der Waals surface area contributed by atoms with Crippen LogP contribution in [0.15, 0.2) is 18.3 Å². The van der Waals surface area contributed by atoms with E-state index < -0.39 is 22.5 Å². The molecule has 0 aliphatic heterocycles. The van der Waals surface area contributed by atoms with Crippen LogP contribution in [0, 0.1) is 0 Å². The van der Waals surface area contributed by atoms with E-state index >= 15 is 0 Å². The van der Waals surface area contributed by atoms with Gasteiger partial charge in [0.05, 0.1) is 11.3 Å². The first kappa shape index (κ1) is 13.8. The molecule has 0 radical (unpaired) electrons. The fourth-order valence-electron chi connectivity index (χ4n) is 0.672. The number of rotatable bonds is 2. The third kappa shape index (κ3) is 5.55. The topological polar surface area (TPSA) is 76.2 Å². The van der Waals surface area contributed by atoms with Gasteiger partial charge in [-0.2, -0.15) is 0 Å². The monoisotopic (exact) mass is 417 g/mol. The SMILES string of the molecule is NCc1ccc(C(=O)O)cn1.[Cl][Pt][Cl]. The van der Waals surface area contributed by atoms with Gasteiger partial charge in [0.2, 0.25) is 0 Å². The van der Waals surface area contributed by atoms with Crippen molar-refractivity contribution in [2.75, 3.05) is 0 Å². The van der Waals surface area contributed by atoms with Crippen molar-refractivity contribution in [2.24, 2.45) is 5.73 Å². The average Bonchev–Trinajstić information content (AvgIpc) is 2.19. The van der Waals surface area contributed by atoms with Crippen molar-refractivity contribution >= 4 is 24.8 Å². The van der Waals surface area contributed by atoms with Gasteiger partial charge in [-0.3, -0.25) is 4.98 Å². The van der Waals surface area contributed by atoms with E-state index in [9.17, 15) is 4.79 Å². The molecule has 0 saturated carbocycles. The summed E-state index contributed by atoms with van der Waals surface area (Å²) in [4.78, 5) is 14.1. The van der Waals surface area contributed by atoms with Crippen molar-refractivity contribution in [2.45, 2.75) is 6.54 Å². The number of carbonyl (C=O) groups is 1. The first-order chi connectivity index (χ1) is 6.65. The van der Waals surface area contributed by atoms with Gasteiger partial charge in [0, 0.05) is 12.7 Å². The molecule has 1 aromatic heterocycles. The Kier molecular flexibility index (Phi) is 8.09. The molecular formula is C7H8Cl2N2O2Pt. The molecule has 1 heterocycles. The van der Waals surface area contributed by atoms with Gasteiger partial charge < -0.3 is 10.8 Å². The van der Waals surface area contributed by atoms with Crippen LogP contribution in [0.2, 0.25) is 0 Å². The van der Waals surface area contributed by atoms with Crippen LogP contribution in [0.1, 0.15) is 16.1 Å². The van der Waals surface area contributed by atoms with Gasteiger partial charge in [-0.15, -0.1) is 0 Å². The molecule has 14 heavy (non-hydrogen) atoms. The van der Waals surface area contributed by atoms with Crippen molar-refractivity contribution in [1.82, 2.24) is 4.98 Å². The normalized spacial score (nSPS) is 9.07. The summed E-state index contributed by atoms with van der Waals surface area (Å²) in [5.74, 6) is -0.971. The number of carboxylic acids is 1. The molecule has 1 aromatic rings. The summed E-state index contributed by atoms with van der Waals surface area (Å²) in [7, 11) is 9.75. The first-order valence-electron chi connectivity index (χ1n) is 3.36. The number of aromatic nitrogens is 1. The Bertz CT molecular complexity index is 282. The van der Waals surface area contributed by atoms with Gasteiger partial charge in [-0.25, -0.2) is 4.79 Å². The van der Waals surface area contributed by atoms with Gasteiger partial charge in [0.15, 0.2) is 0 Å². The maximum absolute atomic E-state index is 10.3. The molecule has 0 spiro atoms. The van der Waals surface area contributed by atoms with Crippen molar-refractivity contribution in [3.63, 3.8) is 0 Å². The minimum absolute atomic E-state index is 0.183. The molecule has 0 bridgehead atoms. The third-order valence-corrected chi connectivity index (χ3v) is 1.28. The second kappa shape index (κ2) is 8.18. The number of carboxylic acid groups (broad SMARTS) is 1. The zero-order chi connectivity index (χ0) is 11.0. The van der Waals surface area contributed by atoms with E-state index in [-0.39, 0.29) is 5.56 Å². The van der Waals surface area contributed by atoms with E-state index in [0.29, 0.717) is 12.2 Å². The Morgan fingerprint density at radius 1 is 1.57 bits per heavy atom. The van der Waals surface area contributed by atoms with E-state index in [4.69, 9.17) is 29.7 Å². The van der Waals surface area contributed by atoms with Crippen molar-refractivity contribution in [3.8, 4) is 0 Å². The molecule has 0 amide bonds. The van der Waals surface area contributed by atoms with Crippen LogP contribution in [-0.2, 0) is 23.0 Å². The number of halogens is 2. The molecule has 0 unspecified atom stereocenters. The molecule has 7 heteroatoms. The molecule has 1 rings (SSSR count). The number of nitrogens with two attached hydrogens (primary N) is 1. The predicted molar refractivity (Wildman–Crippen MR) is 50.8 cm³/mol. The van der Waals surface area contributed by atoms with Gasteiger partial charge in [0.25, 0.3) is 0 Å². The number of hydrogen-bond acceptors (Lipinski definition) is 3. The number of hydrogen-bond donors (Lipinski definition) is 2. The van der Waals surface area contributed by atoms with Crippen LogP contribution in [-0.4, -0.2) is 16.1 Å². The number of nitrogens with zero attached hydrogens (tertiary/aromatic N) is 1. The number of aromatic carboxylic acids is 1. The van der Waals surface area contributed by atoms with E-state index in [1.807, 2.05) is 0 Å². The quantitative estimate of drug-likeness (QED) is 0.766. The Morgan fingerprint density at radius 3 is 2.43 bits per heavy atom. The zero-order valence-corrected chi connectivity index (χ0v) is 10.7. The van der Waals surface area contributed by atoms with Gasteiger partial charge in [-0.1, -0.05) is 0 Å². The molecule has 0 saturated heterocycles. The van der Waals surface area contributed by atoms with E-state index in [1.54, 1.807) is 6.07 Å². The van der Waals surface area contributed by atoms with Crippen LogP contribution >= 0.6 is 18.8 Å². The summed E-state index contributed by atoms with van der Waals surface area (Å²) in [5.41, 5.74) is 6.14. The van der Waals surface area contributed by atoms with E-state index in [0.717, 1.165) is 0 Å². The molecule has 0 fully saturated rings. The summed E-state index contributed by atoms with van der Waals surface area (Å²) >= 11 is -0.472.